The zero-order valence-electron chi connectivity index (χ0n) is 13.3. The third kappa shape index (κ3) is 4.84. The van der Waals surface area contributed by atoms with Gasteiger partial charge in [0.05, 0.1) is 0 Å². The van der Waals surface area contributed by atoms with E-state index in [4.69, 9.17) is 0 Å². The van der Waals surface area contributed by atoms with E-state index in [1.165, 1.54) is 55.7 Å². The molecule has 0 unspecified atom stereocenters. The second kappa shape index (κ2) is 8.17. The molecule has 1 fully saturated rings. The zero-order chi connectivity index (χ0) is 15.1. The van der Waals surface area contributed by atoms with Crippen LogP contribution in [0, 0.1) is 5.92 Å². The highest BCUT2D eigenvalue weighted by atomic mass is 16.1. The van der Waals surface area contributed by atoms with Gasteiger partial charge in [0.2, 0.25) is 0 Å². The number of aryl methyl sites for hydroxylation is 1. The van der Waals surface area contributed by atoms with Crippen LogP contribution in [-0.4, -0.2) is 5.78 Å². The topological polar surface area (TPSA) is 17.1 Å². The Kier molecular flexibility index (Phi) is 6.22. The number of hydrogen-bond acceptors (Lipinski definition) is 1. The van der Waals surface area contributed by atoms with Gasteiger partial charge in [-0.2, -0.15) is 0 Å². The van der Waals surface area contributed by atoms with Crippen LogP contribution in [-0.2, 0) is 11.2 Å². The molecule has 1 nitrogen and oxygen atoms in total. The van der Waals surface area contributed by atoms with Gasteiger partial charge < -0.3 is 0 Å². The first kappa shape index (κ1) is 16.0. The van der Waals surface area contributed by atoms with Gasteiger partial charge in [0.25, 0.3) is 0 Å². The molecule has 1 aromatic rings. The normalized spacial score (nSPS) is 22.0. The van der Waals surface area contributed by atoms with Gasteiger partial charge in [0.15, 0.2) is 5.78 Å². The Labute approximate surface area is 129 Å². The molecule has 0 heterocycles. The van der Waals surface area contributed by atoms with Crippen molar-refractivity contribution in [3.63, 3.8) is 0 Å². The summed E-state index contributed by atoms with van der Waals surface area (Å²) in [5.41, 5.74) is 2.75. The van der Waals surface area contributed by atoms with E-state index in [0.717, 1.165) is 18.3 Å². The molecule has 0 aliphatic heterocycles. The smallest absolute Gasteiger partial charge is 0.155 e. The Bertz CT molecular complexity index is 449. The molecule has 1 aromatic carbocycles. The summed E-state index contributed by atoms with van der Waals surface area (Å²) in [5, 5.41) is 0. The third-order valence-corrected chi connectivity index (χ3v) is 4.88. The number of carbonyl (C=O) groups excluding carboxylic acids is 1. The molecule has 1 saturated carbocycles. The monoisotopic (exact) mass is 284 g/mol. The first-order valence-electron chi connectivity index (χ1n) is 8.47. The molecule has 0 aromatic heterocycles. The molecule has 0 radical (unpaired) electrons. The third-order valence-electron chi connectivity index (χ3n) is 4.88. The van der Waals surface area contributed by atoms with Gasteiger partial charge >= 0.3 is 0 Å². The van der Waals surface area contributed by atoms with Crippen molar-refractivity contribution >= 4 is 5.78 Å². The van der Waals surface area contributed by atoms with Gasteiger partial charge in [0, 0.05) is 6.42 Å². The molecule has 0 atom stereocenters. The van der Waals surface area contributed by atoms with Crippen molar-refractivity contribution in [2.75, 3.05) is 0 Å². The Morgan fingerprint density at radius 1 is 1.19 bits per heavy atom. The van der Waals surface area contributed by atoms with Crippen LogP contribution in [0.25, 0.3) is 0 Å². The van der Waals surface area contributed by atoms with Crippen LogP contribution >= 0.6 is 0 Å². The standard InChI is InChI=1S/C20H28O/c1-3-5-16-6-11-18(12-7-16)19-13-8-17(9-14-19)10-15-20(21)4-2/h4,8-9,13-14,16,18H,2-3,5-7,10-12,15H2,1H3. The van der Waals surface area contributed by atoms with E-state index < -0.39 is 0 Å². The summed E-state index contributed by atoms with van der Waals surface area (Å²) in [6.07, 6.45) is 11.0. The van der Waals surface area contributed by atoms with E-state index in [9.17, 15) is 4.79 Å². The summed E-state index contributed by atoms with van der Waals surface area (Å²) in [6.45, 7) is 5.81. The van der Waals surface area contributed by atoms with Crippen molar-refractivity contribution in [3.05, 3.63) is 48.0 Å². The summed E-state index contributed by atoms with van der Waals surface area (Å²) in [6, 6.07) is 8.95. The van der Waals surface area contributed by atoms with Gasteiger partial charge in [-0.1, -0.05) is 50.6 Å². The molecule has 0 spiro atoms. The molecule has 0 saturated heterocycles. The molecule has 114 valence electrons. The number of carbonyl (C=O) groups is 1. The van der Waals surface area contributed by atoms with E-state index in [0.29, 0.717) is 6.42 Å². The van der Waals surface area contributed by atoms with Crippen LogP contribution in [0.4, 0.5) is 0 Å². The van der Waals surface area contributed by atoms with Crippen LogP contribution in [0.15, 0.2) is 36.9 Å². The van der Waals surface area contributed by atoms with E-state index in [2.05, 4.69) is 37.8 Å². The van der Waals surface area contributed by atoms with Crippen molar-refractivity contribution in [2.45, 2.75) is 64.2 Å². The lowest BCUT2D eigenvalue weighted by Crippen LogP contribution is -2.13. The number of allylic oxidation sites excluding steroid dienone is 1. The average molecular weight is 284 g/mol. The Morgan fingerprint density at radius 2 is 1.86 bits per heavy atom. The predicted octanol–water partition coefficient (Wildman–Crippen LogP) is 5.45. The molecule has 0 bridgehead atoms. The molecule has 0 amide bonds. The zero-order valence-corrected chi connectivity index (χ0v) is 13.3. The molecular weight excluding hydrogens is 256 g/mol. The fourth-order valence-electron chi connectivity index (χ4n) is 3.52. The minimum Gasteiger partial charge on any atom is -0.295 e. The quantitative estimate of drug-likeness (QED) is 0.609. The van der Waals surface area contributed by atoms with Gasteiger partial charge in [-0.25, -0.2) is 0 Å². The maximum Gasteiger partial charge on any atom is 0.155 e. The van der Waals surface area contributed by atoms with Crippen molar-refractivity contribution in [1.29, 1.82) is 0 Å². The molecule has 2 rings (SSSR count). The van der Waals surface area contributed by atoms with Crippen LogP contribution in [0.2, 0.25) is 0 Å². The number of hydrogen-bond donors (Lipinski definition) is 0. The predicted molar refractivity (Wildman–Crippen MR) is 89.6 cm³/mol. The highest BCUT2D eigenvalue weighted by Gasteiger charge is 2.21. The fraction of sp³-hybridized carbons (Fsp3) is 0.550. The summed E-state index contributed by atoms with van der Waals surface area (Å²) in [4.78, 5) is 11.3. The summed E-state index contributed by atoms with van der Waals surface area (Å²) < 4.78 is 0. The molecule has 21 heavy (non-hydrogen) atoms. The second-order valence-corrected chi connectivity index (χ2v) is 6.42. The highest BCUT2D eigenvalue weighted by molar-refractivity contribution is 5.89. The molecule has 1 heteroatoms. The second-order valence-electron chi connectivity index (χ2n) is 6.42. The van der Waals surface area contributed by atoms with Crippen molar-refractivity contribution in [2.24, 2.45) is 5.92 Å². The van der Waals surface area contributed by atoms with Crippen LogP contribution < -0.4 is 0 Å². The summed E-state index contributed by atoms with van der Waals surface area (Å²) in [5.74, 6) is 1.85. The molecule has 1 aliphatic rings. The summed E-state index contributed by atoms with van der Waals surface area (Å²) in [7, 11) is 0. The van der Waals surface area contributed by atoms with Gasteiger partial charge in [-0.05, 0) is 61.1 Å². The summed E-state index contributed by atoms with van der Waals surface area (Å²) >= 11 is 0. The van der Waals surface area contributed by atoms with E-state index in [1.54, 1.807) is 0 Å². The minimum absolute atomic E-state index is 0.133. The lowest BCUT2D eigenvalue weighted by Gasteiger charge is -2.28. The van der Waals surface area contributed by atoms with E-state index >= 15 is 0 Å². The lowest BCUT2D eigenvalue weighted by molar-refractivity contribution is -0.114. The molecule has 0 N–H and O–H groups in total. The van der Waals surface area contributed by atoms with Gasteiger partial charge in [-0.15, -0.1) is 0 Å². The number of benzene rings is 1. The first-order chi connectivity index (χ1) is 10.2. The Morgan fingerprint density at radius 3 is 2.43 bits per heavy atom. The largest absolute Gasteiger partial charge is 0.295 e. The maximum atomic E-state index is 11.3. The van der Waals surface area contributed by atoms with Crippen molar-refractivity contribution in [1.82, 2.24) is 0 Å². The van der Waals surface area contributed by atoms with Crippen molar-refractivity contribution < 1.29 is 4.79 Å². The SMILES string of the molecule is C=CC(=O)CCc1ccc(C2CCC(CCC)CC2)cc1. The van der Waals surface area contributed by atoms with E-state index in [-0.39, 0.29) is 5.78 Å². The van der Waals surface area contributed by atoms with Crippen LogP contribution in [0.5, 0.6) is 0 Å². The number of rotatable bonds is 7. The van der Waals surface area contributed by atoms with Gasteiger partial charge in [-0.3, -0.25) is 4.79 Å². The maximum absolute atomic E-state index is 11.3. The number of ketones is 1. The molecule has 1 aliphatic carbocycles. The van der Waals surface area contributed by atoms with Gasteiger partial charge in [0.1, 0.15) is 0 Å². The first-order valence-corrected chi connectivity index (χ1v) is 8.47. The highest BCUT2D eigenvalue weighted by Crippen LogP contribution is 2.37. The fourth-order valence-corrected chi connectivity index (χ4v) is 3.52. The van der Waals surface area contributed by atoms with Crippen LogP contribution in [0.3, 0.4) is 0 Å². The average Bonchev–Trinajstić information content (AvgIpc) is 2.54. The molecular formula is C20H28O. The Balaban J connectivity index is 1.85. The van der Waals surface area contributed by atoms with Crippen LogP contribution in [0.1, 0.15) is 68.9 Å². The lowest BCUT2D eigenvalue weighted by atomic mass is 9.77. The van der Waals surface area contributed by atoms with E-state index in [1.807, 2.05) is 0 Å². The Hall–Kier alpha value is -1.37. The van der Waals surface area contributed by atoms with Crippen molar-refractivity contribution in [3.8, 4) is 0 Å². The minimum atomic E-state index is 0.133.